The van der Waals surface area contributed by atoms with Gasteiger partial charge in [-0.2, -0.15) is 0 Å². The number of aromatic nitrogens is 1. The summed E-state index contributed by atoms with van der Waals surface area (Å²) in [6.45, 7) is 12.7. The van der Waals surface area contributed by atoms with Crippen LogP contribution in [0.1, 0.15) is 58.2 Å². The third kappa shape index (κ3) is 5.41. The van der Waals surface area contributed by atoms with Gasteiger partial charge in [0.05, 0.1) is 5.69 Å². The molecular formula is C15H27ClN2S. The lowest BCUT2D eigenvalue weighted by molar-refractivity contribution is 0.445. The van der Waals surface area contributed by atoms with Crippen molar-refractivity contribution in [3.63, 3.8) is 0 Å². The summed E-state index contributed by atoms with van der Waals surface area (Å²) >= 11 is 8.14. The number of hydrogen-bond donors (Lipinski definition) is 1. The van der Waals surface area contributed by atoms with E-state index in [1.807, 2.05) is 0 Å². The van der Waals surface area contributed by atoms with E-state index in [9.17, 15) is 0 Å². The minimum Gasteiger partial charge on any atom is -0.309 e. The number of nitrogens with one attached hydrogen (secondary N) is 1. The smallest absolute Gasteiger partial charge is 0.107 e. The Morgan fingerprint density at radius 1 is 1.32 bits per heavy atom. The molecular weight excluding hydrogens is 276 g/mol. The van der Waals surface area contributed by atoms with E-state index < -0.39 is 0 Å². The minimum absolute atomic E-state index is 0.138. The molecule has 0 amide bonds. The second kappa shape index (κ2) is 7.61. The van der Waals surface area contributed by atoms with Crippen molar-refractivity contribution < 1.29 is 0 Å². The maximum atomic E-state index is 6.41. The molecule has 0 saturated carbocycles. The summed E-state index contributed by atoms with van der Waals surface area (Å²) in [7, 11) is 0. The summed E-state index contributed by atoms with van der Waals surface area (Å²) in [6.07, 6.45) is 2.30. The van der Waals surface area contributed by atoms with Crippen LogP contribution in [0.3, 0.4) is 0 Å². The van der Waals surface area contributed by atoms with E-state index in [1.165, 1.54) is 5.69 Å². The molecule has 1 aromatic heterocycles. The first-order chi connectivity index (χ1) is 8.88. The number of alkyl halides is 1. The van der Waals surface area contributed by atoms with Crippen LogP contribution >= 0.6 is 22.9 Å². The molecule has 0 fully saturated rings. The Bertz CT molecular complexity index is 366. The number of halogens is 1. The van der Waals surface area contributed by atoms with E-state index in [-0.39, 0.29) is 10.8 Å². The van der Waals surface area contributed by atoms with Crippen molar-refractivity contribution in [2.75, 3.05) is 6.54 Å². The summed E-state index contributed by atoms with van der Waals surface area (Å²) in [6, 6.07) is 0. The molecule has 0 aromatic carbocycles. The number of thiazole rings is 1. The van der Waals surface area contributed by atoms with E-state index >= 15 is 0 Å². The van der Waals surface area contributed by atoms with Crippen molar-refractivity contribution in [3.8, 4) is 0 Å². The van der Waals surface area contributed by atoms with Crippen LogP contribution in [0.15, 0.2) is 5.38 Å². The van der Waals surface area contributed by atoms with E-state index in [2.05, 4.69) is 50.3 Å². The van der Waals surface area contributed by atoms with Crippen molar-refractivity contribution in [2.45, 2.75) is 64.8 Å². The molecule has 1 unspecified atom stereocenters. The number of rotatable bonds is 7. The van der Waals surface area contributed by atoms with Gasteiger partial charge < -0.3 is 5.32 Å². The molecule has 0 spiro atoms. The van der Waals surface area contributed by atoms with Gasteiger partial charge >= 0.3 is 0 Å². The number of nitrogens with zero attached hydrogens (tertiary/aromatic N) is 1. The zero-order valence-electron chi connectivity index (χ0n) is 12.8. The average Bonchev–Trinajstić information content (AvgIpc) is 2.79. The van der Waals surface area contributed by atoms with E-state index in [4.69, 9.17) is 11.6 Å². The zero-order valence-corrected chi connectivity index (χ0v) is 14.4. The Hall–Kier alpha value is -0.120. The van der Waals surface area contributed by atoms with Crippen LogP contribution in [-0.4, -0.2) is 16.9 Å². The standard InChI is InChI=1S/C15H27ClN2S/c1-6-11(7-2)12(16)8-17-9-14-18-13(10-19-14)15(3,4)5/h10-12,17H,6-9H2,1-5H3. The first-order valence-electron chi connectivity index (χ1n) is 7.18. The van der Waals surface area contributed by atoms with Crippen LogP contribution < -0.4 is 5.32 Å². The van der Waals surface area contributed by atoms with Crippen LogP contribution in [0.5, 0.6) is 0 Å². The molecule has 19 heavy (non-hydrogen) atoms. The zero-order chi connectivity index (χ0) is 14.5. The van der Waals surface area contributed by atoms with E-state index in [1.54, 1.807) is 11.3 Å². The molecule has 0 aliphatic rings. The van der Waals surface area contributed by atoms with E-state index in [0.29, 0.717) is 5.92 Å². The Kier molecular flexibility index (Phi) is 6.78. The number of hydrogen-bond acceptors (Lipinski definition) is 3. The van der Waals surface area contributed by atoms with Crippen molar-refractivity contribution >= 4 is 22.9 Å². The molecule has 1 heterocycles. The highest BCUT2D eigenvalue weighted by molar-refractivity contribution is 7.09. The fourth-order valence-corrected chi connectivity index (χ4v) is 3.48. The Morgan fingerprint density at radius 3 is 2.42 bits per heavy atom. The fraction of sp³-hybridized carbons (Fsp3) is 0.800. The molecule has 1 atom stereocenters. The molecule has 110 valence electrons. The fourth-order valence-electron chi connectivity index (χ4n) is 2.02. The Labute approximate surface area is 127 Å². The third-order valence-electron chi connectivity index (χ3n) is 3.50. The van der Waals surface area contributed by atoms with E-state index in [0.717, 1.165) is 30.9 Å². The van der Waals surface area contributed by atoms with Crippen LogP contribution in [-0.2, 0) is 12.0 Å². The molecule has 0 aliphatic carbocycles. The van der Waals surface area contributed by atoms with Gasteiger partial charge in [-0.25, -0.2) is 4.98 Å². The Balaban J connectivity index is 2.39. The summed E-state index contributed by atoms with van der Waals surface area (Å²) in [5.74, 6) is 0.607. The quantitative estimate of drug-likeness (QED) is 0.746. The first-order valence-corrected chi connectivity index (χ1v) is 8.49. The van der Waals surface area contributed by atoms with Gasteiger partial charge in [-0.15, -0.1) is 22.9 Å². The van der Waals surface area contributed by atoms with Crippen molar-refractivity contribution in [1.82, 2.24) is 10.3 Å². The van der Waals surface area contributed by atoms with Crippen LogP contribution in [0, 0.1) is 5.92 Å². The molecule has 0 aliphatic heterocycles. The summed E-state index contributed by atoms with van der Waals surface area (Å²) < 4.78 is 0. The maximum Gasteiger partial charge on any atom is 0.107 e. The molecule has 1 N–H and O–H groups in total. The molecule has 4 heteroatoms. The SMILES string of the molecule is CCC(CC)C(Cl)CNCc1nc(C(C)(C)C)cs1. The topological polar surface area (TPSA) is 24.9 Å². The first kappa shape index (κ1) is 16.9. The summed E-state index contributed by atoms with van der Waals surface area (Å²) in [4.78, 5) is 4.68. The third-order valence-corrected chi connectivity index (χ3v) is 4.86. The molecule has 1 rings (SSSR count). The van der Waals surface area contributed by atoms with Gasteiger partial charge in [-0.05, 0) is 5.92 Å². The second-order valence-corrected chi connectivity index (χ2v) is 7.60. The van der Waals surface area contributed by atoms with Gasteiger partial charge in [0.1, 0.15) is 5.01 Å². The van der Waals surface area contributed by atoms with Gasteiger partial charge in [0, 0.05) is 29.3 Å². The van der Waals surface area contributed by atoms with Crippen LogP contribution in [0.2, 0.25) is 0 Å². The molecule has 0 radical (unpaired) electrons. The van der Waals surface area contributed by atoms with Gasteiger partial charge in [-0.3, -0.25) is 0 Å². The molecule has 0 saturated heterocycles. The van der Waals surface area contributed by atoms with Gasteiger partial charge in [0.25, 0.3) is 0 Å². The highest BCUT2D eigenvalue weighted by atomic mass is 35.5. The highest BCUT2D eigenvalue weighted by Gasteiger charge is 2.18. The van der Waals surface area contributed by atoms with Crippen LogP contribution in [0.4, 0.5) is 0 Å². The van der Waals surface area contributed by atoms with Crippen LogP contribution in [0.25, 0.3) is 0 Å². The summed E-state index contributed by atoms with van der Waals surface area (Å²) in [5, 5.41) is 6.96. The minimum atomic E-state index is 0.138. The molecule has 2 nitrogen and oxygen atoms in total. The van der Waals surface area contributed by atoms with Crippen molar-refractivity contribution in [1.29, 1.82) is 0 Å². The summed E-state index contributed by atoms with van der Waals surface area (Å²) in [5.41, 5.74) is 1.32. The highest BCUT2D eigenvalue weighted by Crippen LogP contribution is 2.24. The van der Waals surface area contributed by atoms with Gasteiger partial charge in [0.15, 0.2) is 0 Å². The monoisotopic (exact) mass is 302 g/mol. The molecule has 0 bridgehead atoms. The lowest BCUT2D eigenvalue weighted by Gasteiger charge is -2.19. The predicted octanol–water partition coefficient (Wildman–Crippen LogP) is 4.57. The average molecular weight is 303 g/mol. The maximum absolute atomic E-state index is 6.41. The van der Waals surface area contributed by atoms with Crippen molar-refractivity contribution in [2.24, 2.45) is 5.92 Å². The Morgan fingerprint density at radius 2 is 1.95 bits per heavy atom. The lowest BCUT2D eigenvalue weighted by atomic mass is 9.93. The molecule has 1 aromatic rings. The van der Waals surface area contributed by atoms with Gasteiger partial charge in [0.2, 0.25) is 0 Å². The second-order valence-electron chi connectivity index (χ2n) is 6.10. The van der Waals surface area contributed by atoms with Gasteiger partial charge in [-0.1, -0.05) is 47.5 Å². The lowest BCUT2D eigenvalue weighted by Crippen LogP contribution is -2.28. The normalized spacial score (nSPS) is 14.1. The largest absolute Gasteiger partial charge is 0.309 e. The predicted molar refractivity (Wildman–Crippen MR) is 86.2 cm³/mol. The van der Waals surface area contributed by atoms with Crippen molar-refractivity contribution in [3.05, 3.63) is 16.1 Å².